The molecule has 0 fully saturated rings. The molecule has 0 spiro atoms. The van der Waals surface area contributed by atoms with Crippen molar-refractivity contribution in [2.24, 2.45) is 5.41 Å². The van der Waals surface area contributed by atoms with Crippen LogP contribution in [0.2, 0.25) is 0 Å². The van der Waals surface area contributed by atoms with Crippen LogP contribution in [-0.2, 0) is 4.79 Å². The van der Waals surface area contributed by atoms with E-state index in [1.165, 1.54) is 0 Å². The summed E-state index contributed by atoms with van der Waals surface area (Å²) in [6.07, 6.45) is 7.17. The lowest BCUT2D eigenvalue weighted by atomic mass is 9.92. The fraction of sp³-hybridized carbons (Fsp3) is 0.727. The Morgan fingerprint density at radius 2 is 1.92 bits per heavy atom. The molecule has 0 bridgehead atoms. The van der Waals surface area contributed by atoms with Crippen molar-refractivity contribution < 1.29 is 9.90 Å². The van der Waals surface area contributed by atoms with Crippen LogP contribution in [0.3, 0.4) is 0 Å². The molecular formula is C11H20O2. The normalized spacial score (nSPS) is 12.2. The van der Waals surface area contributed by atoms with Gasteiger partial charge in [0.2, 0.25) is 0 Å². The van der Waals surface area contributed by atoms with E-state index in [0.717, 1.165) is 19.3 Å². The van der Waals surface area contributed by atoms with Gasteiger partial charge in [-0.2, -0.15) is 0 Å². The Kier molecular flexibility index (Phi) is 5.44. The van der Waals surface area contributed by atoms with Crippen molar-refractivity contribution in [1.82, 2.24) is 0 Å². The standard InChI is InChI=1S/C11H20O2/c1-11(2,3)9-7-5-4-6-8-10(12)13/h5,7H,4,6,8-9H2,1-3H3,(H,12,13)/b7-5+. The number of hydrogen-bond donors (Lipinski definition) is 1. The van der Waals surface area contributed by atoms with Crippen LogP contribution in [-0.4, -0.2) is 11.1 Å². The average molecular weight is 184 g/mol. The van der Waals surface area contributed by atoms with Crippen LogP contribution in [0.4, 0.5) is 0 Å². The van der Waals surface area contributed by atoms with E-state index in [-0.39, 0.29) is 6.42 Å². The van der Waals surface area contributed by atoms with Gasteiger partial charge in [-0.05, 0) is 24.7 Å². The van der Waals surface area contributed by atoms with Gasteiger partial charge in [0, 0.05) is 6.42 Å². The summed E-state index contributed by atoms with van der Waals surface area (Å²) in [5.74, 6) is -0.704. The number of carbonyl (C=O) groups is 1. The Morgan fingerprint density at radius 1 is 1.31 bits per heavy atom. The summed E-state index contributed by atoms with van der Waals surface area (Å²) in [4.78, 5) is 10.2. The Labute approximate surface area is 80.7 Å². The third-order valence-electron chi connectivity index (χ3n) is 1.66. The minimum atomic E-state index is -0.704. The SMILES string of the molecule is CC(C)(C)C/C=C/CCCC(=O)O. The second kappa shape index (κ2) is 5.79. The summed E-state index contributed by atoms with van der Waals surface area (Å²) in [5, 5.41) is 8.38. The van der Waals surface area contributed by atoms with E-state index in [1.54, 1.807) is 0 Å². The van der Waals surface area contributed by atoms with Gasteiger partial charge in [0.15, 0.2) is 0 Å². The largest absolute Gasteiger partial charge is 0.481 e. The van der Waals surface area contributed by atoms with Crippen molar-refractivity contribution in [2.45, 2.75) is 46.5 Å². The molecule has 0 aromatic carbocycles. The van der Waals surface area contributed by atoms with E-state index in [2.05, 4.69) is 32.9 Å². The number of unbranched alkanes of at least 4 members (excludes halogenated alkanes) is 1. The highest BCUT2D eigenvalue weighted by molar-refractivity contribution is 5.66. The number of carboxylic acid groups (broad SMARTS) is 1. The van der Waals surface area contributed by atoms with E-state index < -0.39 is 5.97 Å². The predicted octanol–water partition coefficient (Wildman–Crippen LogP) is 3.23. The summed E-state index contributed by atoms with van der Waals surface area (Å²) < 4.78 is 0. The van der Waals surface area contributed by atoms with Crippen molar-refractivity contribution >= 4 is 5.97 Å². The van der Waals surface area contributed by atoms with Gasteiger partial charge in [-0.1, -0.05) is 32.9 Å². The molecule has 0 aliphatic carbocycles. The zero-order valence-electron chi connectivity index (χ0n) is 8.84. The zero-order chi connectivity index (χ0) is 10.3. The number of rotatable bonds is 5. The molecule has 76 valence electrons. The van der Waals surface area contributed by atoms with Gasteiger partial charge in [0.05, 0.1) is 0 Å². The van der Waals surface area contributed by atoms with E-state index in [4.69, 9.17) is 5.11 Å². The summed E-state index contributed by atoms with van der Waals surface area (Å²) in [5.41, 5.74) is 0.337. The monoisotopic (exact) mass is 184 g/mol. The van der Waals surface area contributed by atoms with Crippen molar-refractivity contribution in [2.75, 3.05) is 0 Å². The van der Waals surface area contributed by atoms with Crippen molar-refractivity contribution in [3.05, 3.63) is 12.2 Å². The number of hydrogen-bond acceptors (Lipinski definition) is 1. The van der Waals surface area contributed by atoms with Gasteiger partial charge in [-0.25, -0.2) is 0 Å². The maximum atomic E-state index is 10.2. The summed E-state index contributed by atoms with van der Waals surface area (Å²) >= 11 is 0. The van der Waals surface area contributed by atoms with E-state index >= 15 is 0 Å². The molecule has 0 amide bonds. The summed E-state index contributed by atoms with van der Waals surface area (Å²) in [7, 11) is 0. The fourth-order valence-corrected chi connectivity index (χ4v) is 0.926. The predicted molar refractivity (Wildman–Crippen MR) is 54.7 cm³/mol. The number of allylic oxidation sites excluding steroid dienone is 2. The van der Waals surface area contributed by atoms with Gasteiger partial charge in [0.25, 0.3) is 0 Å². The average Bonchev–Trinajstić information content (AvgIpc) is 1.93. The van der Waals surface area contributed by atoms with Crippen LogP contribution >= 0.6 is 0 Å². The molecule has 0 atom stereocenters. The lowest BCUT2D eigenvalue weighted by molar-refractivity contribution is -0.137. The number of aliphatic carboxylic acids is 1. The second-order valence-corrected chi connectivity index (χ2v) is 4.52. The van der Waals surface area contributed by atoms with Crippen LogP contribution in [0, 0.1) is 5.41 Å². The highest BCUT2D eigenvalue weighted by Crippen LogP contribution is 2.18. The highest BCUT2D eigenvalue weighted by Gasteiger charge is 2.05. The third kappa shape index (κ3) is 11.2. The maximum absolute atomic E-state index is 10.2. The lowest BCUT2D eigenvalue weighted by Crippen LogP contribution is -2.01. The summed E-state index contributed by atoms with van der Waals surface area (Å²) in [6.45, 7) is 6.57. The topological polar surface area (TPSA) is 37.3 Å². The number of carboxylic acids is 1. The van der Waals surface area contributed by atoms with Gasteiger partial charge in [-0.3, -0.25) is 4.79 Å². The maximum Gasteiger partial charge on any atom is 0.303 e. The molecule has 0 heterocycles. The molecule has 0 rings (SSSR count). The van der Waals surface area contributed by atoms with Gasteiger partial charge < -0.3 is 5.11 Å². The van der Waals surface area contributed by atoms with Crippen LogP contribution in [0.25, 0.3) is 0 Å². The second-order valence-electron chi connectivity index (χ2n) is 4.52. The van der Waals surface area contributed by atoms with Crippen molar-refractivity contribution in [1.29, 1.82) is 0 Å². The van der Waals surface area contributed by atoms with E-state index in [0.29, 0.717) is 5.41 Å². The minimum Gasteiger partial charge on any atom is -0.481 e. The Morgan fingerprint density at radius 3 is 2.38 bits per heavy atom. The van der Waals surface area contributed by atoms with Crippen molar-refractivity contribution in [3.8, 4) is 0 Å². The lowest BCUT2D eigenvalue weighted by Gasteiger charge is -2.14. The molecule has 0 aliphatic rings. The smallest absolute Gasteiger partial charge is 0.303 e. The van der Waals surface area contributed by atoms with Crippen molar-refractivity contribution in [3.63, 3.8) is 0 Å². The molecule has 1 N–H and O–H groups in total. The highest BCUT2D eigenvalue weighted by atomic mass is 16.4. The van der Waals surface area contributed by atoms with Gasteiger partial charge in [0.1, 0.15) is 0 Å². The third-order valence-corrected chi connectivity index (χ3v) is 1.66. The summed E-state index contributed by atoms with van der Waals surface area (Å²) in [6, 6.07) is 0. The minimum absolute atomic E-state index is 0.278. The molecular weight excluding hydrogens is 164 g/mol. The fourth-order valence-electron chi connectivity index (χ4n) is 0.926. The van der Waals surface area contributed by atoms with E-state index in [1.807, 2.05) is 0 Å². The molecule has 0 unspecified atom stereocenters. The quantitative estimate of drug-likeness (QED) is 0.526. The molecule has 0 aliphatic heterocycles. The van der Waals surface area contributed by atoms with E-state index in [9.17, 15) is 4.79 Å². The Balaban J connectivity index is 3.38. The molecule has 2 heteroatoms. The molecule has 2 nitrogen and oxygen atoms in total. The first-order valence-corrected chi connectivity index (χ1v) is 4.78. The molecule has 0 aromatic heterocycles. The molecule has 13 heavy (non-hydrogen) atoms. The molecule has 0 saturated carbocycles. The zero-order valence-corrected chi connectivity index (χ0v) is 8.84. The van der Waals surface area contributed by atoms with Crippen LogP contribution < -0.4 is 0 Å². The first kappa shape index (κ1) is 12.2. The van der Waals surface area contributed by atoms with Crippen LogP contribution in [0.1, 0.15) is 46.5 Å². The van der Waals surface area contributed by atoms with Gasteiger partial charge >= 0.3 is 5.97 Å². The van der Waals surface area contributed by atoms with Gasteiger partial charge in [-0.15, -0.1) is 0 Å². The first-order chi connectivity index (χ1) is 5.92. The molecule has 0 saturated heterocycles. The van der Waals surface area contributed by atoms with Crippen LogP contribution in [0.15, 0.2) is 12.2 Å². The molecule has 0 radical (unpaired) electrons. The van der Waals surface area contributed by atoms with Crippen LogP contribution in [0.5, 0.6) is 0 Å². The first-order valence-electron chi connectivity index (χ1n) is 4.78. The Hall–Kier alpha value is -0.790. The molecule has 0 aromatic rings. The Bertz CT molecular complexity index is 175.